The Bertz CT molecular complexity index is 1460. The van der Waals surface area contributed by atoms with Crippen LogP contribution in [0, 0.1) is 41.4 Å². The first-order chi connectivity index (χ1) is 27.4. The van der Waals surface area contributed by atoms with E-state index in [0.717, 1.165) is 19.3 Å². The van der Waals surface area contributed by atoms with Crippen LogP contribution in [0.15, 0.2) is 12.2 Å². The molecule has 0 saturated carbocycles. The van der Waals surface area contributed by atoms with Crippen LogP contribution in [0.4, 0.5) is 0 Å². The fourth-order valence-corrected chi connectivity index (χ4v) is 11.5. The topological polar surface area (TPSA) is 153 Å². The Morgan fingerprint density at radius 3 is 2.21 bits per heavy atom. The van der Waals surface area contributed by atoms with Crippen LogP contribution in [0.2, 0.25) is 0 Å². The van der Waals surface area contributed by atoms with E-state index in [0.29, 0.717) is 71.2 Å². The van der Waals surface area contributed by atoms with Gasteiger partial charge in [0.15, 0.2) is 5.79 Å². The fourth-order valence-electron chi connectivity index (χ4n) is 11.5. The average molecular weight is 820 g/mol. The van der Waals surface area contributed by atoms with E-state index in [9.17, 15) is 24.9 Å². The lowest BCUT2D eigenvalue weighted by Gasteiger charge is -2.54. The summed E-state index contributed by atoms with van der Waals surface area (Å²) < 4.78 is 39.5. The van der Waals surface area contributed by atoms with E-state index in [4.69, 9.17) is 28.4 Å². The van der Waals surface area contributed by atoms with E-state index in [1.54, 1.807) is 6.08 Å². The van der Waals surface area contributed by atoms with Gasteiger partial charge in [0, 0.05) is 43.2 Å². The van der Waals surface area contributed by atoms with Crippen LogP contribution in [0.3, 0.4) is 0 Å². The van der Waals surface area contributed by atoms with Crippen LogP contribution in [-0.2, 0) is 38.0 Å². The number of ketones is 1. The molecule has 0 bridgehead atoms. The Morgan fingerprint density at radius 1 is 0.879 bits per heavy atom. The van der Waals surface area contributed by atoms with Crippen LogP contribution >= 0.6 is 0 Å². The monoisotopic (exact) mass is 820 g/mol. The van der Waals surface area contributed by atoms with Gasteiger partial charge in [-0.15, -0.1) is 0 Å². The summed E-state index contributed by atoms with van der Waals surface area (Å²) in [7, 11) is 0. The SMILES string of the molecule is CC[C@@H](C(=O)[C@@H](C)[C@@H](O)[C@H](C)[C@@H]1O[C@@H]([C@@H](CC)C(=O)N2CCOCC2)CC[C@@H]1C)[C@H]1O[C@]2(C=C[C@@H](O)[C@]3(CC[C@@](C)([C@H]4CC[C@](O)(CC)[C@H](C)O4)O3)O2)[C@H](C)C[C@@H]1C. The Labute approximate surface area is 348 Å². The summed E-state index contributed by atoms with van der Waals surface area (Å²) in [6, 6.07) is 0. The van der Waals surface area contributed by atoms with E-state index in [1.807, 2.05) is 59.4 Å². The molecule has 0 aliphatic carbocycles. The second-order valence-electron chi connectivity index (χ2n) is 19.5. The van der Waals surface area contributed by atoms with Crippen LogP contribution in [-0.4, -0.2) is 124 Å². The number of ether oxygens (including phenoxy) is 6. The quantitative estimate of drug-likeness (QED) is 0.200. The molecule has 58 heavy (non-hydrogen) atoms. The number of aliphatic hydroxyl groups is 3. The number of aliphatic hydroxyl groups excluding tert-OH is 2. The summed E-state index contributed by atoms with van der Waals surface area (Å²) in [5.41, 5.74) is -1.62. The van der Waals surface area contributed by atoms with E-state index >= 15 is 0 Å². The van der Waals surface area contributed by atoms with E-state index in [-0.39, 0.29) is 65.7 Å². The number of nitrogens with zero attached hydrogens (tertiary/aromatic N) is 1. The Hall–Kier alpha value is -1.48. The molecule has 6 aliphatic heterocycles. The molecule has 0 unspecified atom stereocenters. The summed E-state index contributed by atoms with van der Waals surface area (Å²) in [5, 5.41) is 34.5. The van der Waals surface area contributed by atoms with Crippen molar-refractivity contribution < 1.29 is 53.3 Å². The molecule has 3 N–H and O–H groups in total. The lowest BCUT2D eigenvalue weighted by molar-refractivity contribution is -0.409. The third-order valence-electron chi connectivity index (χ3n) is 15.8. The van der Waals surface area contributed by atoms with Crippen molar-refractivity contribution in [2.75, 3.05) is 26.3 Å². The maximum atomic E-state index is 14.6. The zero-order valence-corrected chi connectivity index (χ0v) is 37.2. The highest BCUT2D eigenvalue weighted by molar-refractivity contribution is 5.84. The van der Waals surface area contributed by atoms with Gasteiger partial charge in [0.1, 0.15) is 11.9 Å². The van der Waals surface area contributed by atoms with Gasteiger partial charge in [0.2, 0.25) is 11.7 Å². The maximum absolute atomic E-state index is 14.6. The molecule has 18 atom stereocenters. The first-order valence-corrected chi connectivity index (χ1v) is 22.9. The molecule has 12 nitrogen and oxygen atoms in total. The third-order valence-corrected chi connectivity index (χ3v) is 15.8. The molecule has 6 heterocycles. The second-order valence-corrected chi connectivity index (χ2v) is 19.5. The maximum Gasteiger partial charge on any atom is 0.228 e. The van der Waals surface area contributed by atoms with E-state index < -0.39 is 52.9 Å². The van der Waals surface area contributed by atoms with Crippen molar-refractivity contribution in [2.45, 2.75) is 199 Å². The molecule has 0 aromatic rings. The van der Waals surface area contributed by atoms with Gasteiger partial charge in [-0.2, -0.15) is 0 Å². The molecular weight excluding hydrogens is 743 g/mol. The molecule has 5 saturated heterocycles. The number of amides is 1. The molecule has 0 aromatic heterocycles. The summed E-state index contributed by atoms with van der Waals surface area (Å²) in [4.78, 5) is 30.1. The normalized spacial score (nSPS) is 44.8. The lowest BCUT2D eigenvalue weighted by atomic mass is 9.72. The van der Waals surface area contributed by atoms with Crippen LogP contribution < -0.4 is 0 Å². The Kier molecular flexibility index (Phi) is 14.4. The number of hydrogen-bond acceptors (Lipinski definition) is 11. The van der Waals surface area contributed by atoms with Crippen molar-refractivity contribution >= 4 is 11.7 Å². The van der Waals surface area contributed by atoms with E-state index in [2.05, 4.69) is 20.8 Å². The molecule has 6 aliphatic rings. The minimum atomic E-state index is -1.36. The second kappa shape index (κ2) is 18.1. The van der Waals surface area contributed by atoms with Gasteiger partial charge in [-0.25, -0.2) is 0 Å². The summed E-state index contributed by atoms with van der Waals surface area (Å²) in [5.74, 6) is -4.23. The molecule has 12 heteroatoms. The number of morpholine rings is 1. The highest BCUT2D eigenvalue weighted by Gasteiger charge is 2.63. The number of carbonyl (C=O) groups excluding carboxylic acids is 2. The number of Topliss-reactive ketones (excluding diaryl/α,β-unsaturated/α-hetero) is 1. The van der Waals surface area contributed by atoms with Gasteiger partial charge in [-0.1, -0.05) is 55.4 Å². The number of carbonyl (C=O) groups is 2. The molecule has 332 valence electrons. The average Bonchev–Trinajstić information content (AvgIpc) is 3.56. The zero-order valence-electron chi connectivity index (χ0n) is 37.2. The van der Waals surface area contributed by atoms with Crippen molar-refractivity contribution in [1.82, 2.24) is 4.90 Å². The lowest BCUT2D eigenvalue weighted by Crippen LogP contribution is -2.63. The standard InChI is InChI=1S/C46H77NO11/c1-11-33(42(51)47-22-24-53-25-23-47)35-15-14-27(4)40(55-35)31(8)38(49)30(7)39(50)34(12-2)41-28(5)26-29(6)45(56-41)19-16-36(48)46(58-45)21-20-43(10,57-46)37-17-18-44(52,13-3)32(9)54-37/h16,19,27-38,40-41,48-49,52H,11-15,17-18,20-26H2,1-10H3/t27-,28-,29+,30-,31-,32-,33+,34-,35+,36+,37+,38+,40+,41-,43-,44+,45-,46-/m0/s1. The molecule has 1 amide bonds. The van der Waals surface area contributed by atoms with Crippen molar-refractivity contribution in [3.8, 4) is 0 Å². The van der Waals surface area contributed by atoms with Crippen molar-refractivity contribution in [2.24, 2.45) is 41.4 Å². The minimum Gasteiger partial charge on any atom is -0.392 e. The van der Waals surface area contributed by atoms with Gasteiger partial charge in [-0.3, -0.25) is 9.59 Å². The number of hydrogen-bond donors (Lipinski definition) is 3. The summed E-state index contributed by atoms with van der Waals surface area (Å²) in [6.45, 7) is 22.4. The fraction of sp³-hybridized carbons (Fsp3) is 0.913. The van der Waals surface area contributed by atoms with Crippen molar-refractivity contribution in [1.29, 1.82) is 0 Å². The number of rotatable bonds is 12. The first kappa shape index (κ1) is 46.0. The van der Waals surface area contributed by atoms with Gasteiger partial charge < -0.3 is 48.6 Å². The molecule has 2 spiro atoms. The van der Waals surface area contributed by atoms with Gasteiger partial charge in [0.25, 0.3) is 0 Å². The largest absolute Gasteiger partial charge is 0.392 e. The smallest absolute Gasteiger partial charge is 0.228 e. The Balaban J connectivity index is 1.14. The van der Waals surface area contributed by atoms with Crippen molar-refractivity contribution in [3.63, 3.8) is 0 Å². The van der Waals surface area contributed by atoms with E-state index in [1.165, 1.54) is 0 Å². The molecule has 0 radical (unpaired) electrons. The predicted octanol–water partition coefficient (Wildman–Crippen LogP) is 5.96. The molecular formula is C46H77NO11. The van der Waals surface area contributed by atoms with Crippen LogP contribution in [0.1, 0.15) is 133 Å². The molecule has 0 aromatic carbocycles. The summed E-state index contributed by atoms with van der Waals surface area (Å²) in [6.07, 6.45) is 6.36. The predicted molar refractivity (Wildman–Crippen MR) is 218 cm³/mol. The highest BCUT2D eigenvalue weighted by Crippen LogP contribution is 2.54. The van der Waals surface area contributed by atoms with Gasteiger partial charge >= 0.3 is 0 Å². The highest BCUT2D eigenvalue weighted by atomic mass is 16.8. The molecule has 6 rings (SSSR count). The van der Waals surface area contributed by atoms with Crippen LogP contribution in [0.25, 0.3) is 0 Å². The third kappa shape index (κ3) is 8.63. The first-order valence-electron chi connectivity index (χ1n) is 22.9. The Morgan fingerprint density at radius 2 is 1.57 bits per heavy atom. The summed E-state index contributed by atoms with van der Waals surface area (Å²) >= 11 is 0. The molecule has 5 fully saturated rings. The van der Waals surface area contributed by atoms with Crippen LogP contribution in [0.5, 0.6) is 0 Å². The van der Waals surface area contributed by atoms with Gasteiger partial charge in [-0.05, 0) is 95.6 Å². The zero-order chi connectivity index (χ0) is 42.4. The van der Waals surface area contributed by atoms with Gasteiger partial charge in [0.05, 0.1) is 67.0 Å². The van der Waals surface area contributed by atoms with Crippen molar-refractivity contribution in [3.05, 3.63) is 12.2 Å². The minimum absolute atomic E-state index is 0.0257.